The second kappa shape index (κ2) is 4.64. The molecule has 1 saturated heterocycles. The maximum atomic E-state index is 11.3. The van der Waals surface area contributed by atoms with Gasteiger partial charge in [-0.2, -0.15) is 0 Å². The average molecular weight is 257 g/mol. The van der Waals surface area contributed by atoms with Crippen molar-refractivity contribution in [2.24, 2.45) is 5.73 Å². The molecule has 6 heteroatoms. The molecule has 1 aliphatic heterocycles. The fourth-order valence-electron chi connectivity index (χ4n) is 1.83. The fraction of sp³-hybridized carbons (Fsp3) is 0.455. The van der Waals surface area contributed by atoms with E-state index in [1.807, 2.05) is 6.07 Å². The highest BCUT2D eigenvalue weighted by Crippen LogP contribution is 2.21. The van der Waals surface area contributed by atoms with E-state index in [1.165, 1.54) is 0 Å². The van der Waals surface area contributed by atoms with Gasteiger partial charge < -0.3 is 15.6 Å². The molecule has 17 heavy (non-hydrogen) atoms. The molecule has 2 atom stereocenters. The summed E-state index contributed by atoms with van der Waals surface area (Å²) < 4.78 is 28.1. The van der Waals surface area contributed by atoms with Gasteiger partial charge in [-0.05, 0) is 17.7 Å². The van der Waals surface area contributed by atoms with Gasteiger partial charge in [0.15, 0.2) is 9.84 Å². The largest absolute Gasteiger partial charge is 0.487 e. The predicted octanol–water partition coefficient (Wildman–Crippen LogP) is -0.318. The number of ether oxygens (including phenoxy) is 1. The Hall–Kier alpha value is -1.11. The number of aliphatic hydroxyl groups is 1. The molecule has 2 rings (SSSR count). The van der Waals surface area contributed by atoms with Crippen LogP contribution in [0.5, 0.6) is 5.75 Å². The van der Waals surface area contributed by atoms with E-state index < -0.39 is 22.0 Å². The van der Waals surface area contributed by atoms with E-state index in [0.29, 0.717) is 12.3 Å². The standard InChI is InChI=1S/C11H15NO4S/c12-5-8-2-1-3-9(4-8)16-11-7-17(14,15)6-10(11)13/h1-4,10-11,13H,5-7,12H2. The molecular formula is C11H15NO4S. The van der Waals surface area contributed by atoms with Crippen molar-refractivity contribution < 1.29 is 18.3 Å². The van der Waals surface area contributed by atoms with Crippen molar-refractivity contribution in [2.75, 3.05) is 11.5 Å². The quantitative estimate of drug-likeness (QED) is 0.774. The molecular weight excluding hydrogens is 242 g/mol. The summed E-state index contributed by atoms with van der Waals surface area (Å²) in [6, 6.07) is 7.11. The first kappa shape index (κ1) is 12.3. The minimum Gasteiger partial charge on any atom is -0.487 e. The maximum Gasteiger partial charge on any atom is 0.156 e. The van der Waals surface area contributed by atoms with Crippen LogP contribution in [0.1, 0.15) is 5.56 Å². The van der Waals surface area contributed by atoms with Crippen LogP contribution < -0.4 is 10.5 Å². The van der Waals surface area contributed by atoms with Crippen LogP contribution in [0.25, 0.3) is 0 Å². The second-order valence-corrected chi connectivity index (χ2v) is 6.31. The molecule has 1 heterocycles. The van der Waals surface area contributed by atoms with Crippen LogP contribution in [0, 0.1) is 0 Å². The van der Waals surface area contributed by atoms with Gasteiger partial charge >= 0.3 is 0 Å². The molecule has 0 amide bonds. The molecule has 1 aromatic carbocycles. The molecule has 2 unspecified atom stereocenters. The van der Waals surface area contributed by atoms with Gasteiger partial charge in [-0.1, -0.05) is 12.1 Å². The lowest BCUT2D eigenvalue weighted by Crippen LogP contribution is -2.29. The molecule has 0 spiro atoms. The zero-order valence-electron chi connectivity index (χ0n) is 9.24. The lowest BCUT2D eigenvalue weighted by atomic mass is 10.2. The normalized spacial score (nSPS) is 26.9. The van der Waals surface area contributed by atoms with E-state index in [-0.39, 0.29) is 11.5 Å². The lowest BCUT2D eigenvalue weighted by molar-refractivity contribution is 0.0737. The summed E-state index contributed by atoms with van der Waals surface area (Å²) in [5, 5.41) is 9.58. The number of sulfone groups is 1. The molecule has 1 aromatic rings. The fourth-order valence-corrected chi connectivity index (χ4v) is 3.49. The molecule has 1 aliphatic rings. The van der Waals surface area contributed by atoms with E-state index in [4.69, 9.17) is 10.5 Å². The van der Waals surface area contributed by atoms with Gasteiger partial charge in [0.05, 0.1) is 11.5 Å². The summed E-state index contributed by atoms with van der Waals surface area (Å²) >= 11 is 0. The van der Waals surface area contributed by atoms with Gasteiger partial charge in [-0.3, -0.25) is 0 Å². The van der Waals surface area contributed by atoms with E-state index >= 15 is 0 Å². The first-order chi connectivity index (χ1) is 8.00. The predicted molar refractivity (Wildman–Crippen MR) is 63.4 cm³/mol. The molecule has 0 bridgehead atoms. The third-order valence-corrected chi connectivity index (χ3v) is 4.38. The van der Waals surface area contributed by atoms with Crippen molar-refractivity contribution >= 4 is 9.84 Å². The van der Waals surface area contributed by atoms with Gasteiger partial charge in [0.25, 0.3) is 0 Å². The van der Waals surface area contributed by atoms with Crippen LogP contribution in [-0.2, 0) is 16.4 Å². The van der Waals surface area contributed by atoms with E-state index in [1.54, 1.807) is 18.2 Å². The highest BCUT2D eigenvalue weighted by molar-refractivity contribution is 7.91. The lowest BCUT2D eigenvalue weighted by Gasteiger charge is -2.16. The van der Waals surface area contributed by atoms with E-state index in [2.05, 4.69) is 0 Å². The number of hydrogen-bond acceptors (Lipinski definition) is 5. The smallest absolute Gasteiger partial charge is 0.156 e. The summed E-state index contributed by atoms with van der Waals surface area (Å²) in [6.45, 7) is 0.392. The van der Waals surface area contributed by atoms with Crippen LogP contribution >= 0.6 is 0 Å². The molecule has 1 fully saturated rings. The SMILES string of the molecule is NCc1cccc(OC2CS(=O)(=O)CC2O)c1. The number of benzene rings is 1. The van der Waals surface area contributed by atoms with Gasteiger partial charge in [0, 0.05) is 6.54 Å². The first-order valence-corrected chi connectivity index (χ1v) is 7.16. The van der Waals surface area contributed by atoms with Gasteiger partial charge in [-0.25, -0.2) is 8.42 Å². The van der Waals surface area contributed by atoms with Crippen molar-refractivity contribution in [3.63, 3.8) is 0 Å². The maximum absolute atomic E-state index is 11.3. The Morgan fingerprint density at radius 2 is 2.18 bits per heavy atom. The van der Waals surface area contributed by atoms with Crippen molar-refractivity contribution in [3.05, 3.63) is 29.8 Å². The molecule has 0 radical (unpaired) electrons. The molecule has 0 saturated carbocycles. The Bertz CT molecular complexity index is 500. The number of hydrogen-bond donors (Lipinski definition) is 2. The Balaban J connectivity index is 2.11. The van der Waals surface area contributed by atoms with E-state index in [0.717, 1.165) is 5.56 Å². The van der Waals surface area contributed by atoms with Crippen LogP contribution in [0.15, 0.2) is 24.3 Å². The van der Waals surface area contributed by atoms with Crippen molar-refractivity contribution in [3.8, 4) is 5.75 Å². The van der Waals surface area contributed by atoms with Crippen LogP contribution in [0.3, 0.4) is 0 Å². The molecule has 5 nitrogen and oxygen atoms in total. The second-order valence-electron chi connectivity index (χ2n) is 4.15. The summed E-state index contributed by atoms with van der Waals surface area (Å²) in [5.74, 6) is 0.170. The summed E-state index contributed by atoms with van der Waals surface area (Å²) in [5.41, 5.74) is 6.40. The third kappa shape index (κ3) is 2.96. The Morgan fingerprint density at radius 1 is 1.41 bits per heavy atom. The molecule has 0 aromatic heterocycles. The average Bonchev–Trinajstić information content (AvgIpc) is 2.52. The van der Waals surface area contributed by atoms with Crippen LogP contribution in [0.4, 0.5) is 0 Å². The van der Waals surface area contributed by atoms with Crippen molar-refractivity contribution in [1.82, 2.24) is 0 Å². The van der Waals surface area contributed by atoms with Crippen LogP contribution in [-0.4, -0.2) is 37.2 Å². The minimum absolute atomic E-state index is 0.138. The Morgan fingerprint density at radius 3 is 2.76 bits per heavy atom. The van der Waals surface area contributed by atoms with Gasteiger partial charge in [0.1, 0.15) is 18.0 Å². The number of rotatable bonds is 3. The van der Waals surface area contributed by atoms with Crippen LogP contribution in [0.2, 0.25) is 0 Å². The summed E-state index contributed by atoms with van der Waals surface area (Å²) in [7, 11) is -3.18. The summed E-state index contributed by atoms with van der Waals surface area (Å²) in [6.07, 6.45) is -1.64. The van der Waals surface area contributed by atoms with Gasteiger partial charge in [0.2, 0.25) is 0 Å². The monoisotopic (exact) mass is 257 g/mol. The number of nitrogens with two attached hydrogens (primary N) is 1. The summed E-state index contributed by atoms with van der Waals surface area (Å²) in [4.78, 5) is 0. The Labute approximate surface area is 100 Å². The van der Waals surface area contributed by atoms with Crippen molar-refractivity contribution in [1.29, 1.82) is 0 Å². The Kier molecular flexibility index (Phi) is 3.37. The zero-order valence-corrected chi connectivity index (χ0v) is 10.1. The van der Waals surface area contributed by atoms with E-state index in [9.17, 15) is 13.5 Å². The zero-order chi connectivity index (χ0) is 12.5. The molecule has 3 N–H and O–H groups in total. The van der Waals surface area contributed by atoms with Crippen molar-refractivity contribution in [2.45, 2.75) is 18.8 Å². The minimum atomic E-state index is -3.18. The first-order valence-electron chi connectivity index (χ1n) is 5.34. The molecule has 94 valence electrons. The highest BCUT2D eigenvalue weighted by atomic mass is 32.2. The highest BCUT2D eigenvalue weighted by Gasteiger charge is 2.38. The number of aliphatic hydroxyl groups excluding tert-OH is 1. The van der Waals surface area contributed by atoms with Gasteiger partial charge in [-0.15, -0.1) is 0 Å². The molecule has 0 aliphatic carbocycles. The topological polar surface area (TPSA) is 89.6 Å². The third-order valence-electron chi connectivity index (χ3n) is 2.69.